The molecule has 0 saturated carbocycles. The summed E-state index contributed by atoms with van der Waals surface area (Å²) in [6, 6.07) is 10.8. The first-order chi connectivity index (χ1) is 14.0. The molecule has 1 fully saturated rings. The number of aryl methyl sites for hydroxylation is 2. The highest BCUT2D eigenvalue weighted by atomic mass is 19.1. The van der Waals surface area contributed by atoms with Gasteiger partial charge in [-0.1, -0.05) is 17.3 Å². The third kappa shape index (κ3) is 4.26. The van der Waals surface area contributed by atoms with E-state index in [1.165, 1.54) is 4.90 Å². The monoisotopic (exact) mass is 399 g/mol. The highest BCUT2D eigenvalue weighted by Gasteiger charge is 2.35. The largest absolute Gasteiger partial charge is 0.497 e. The quantitative estimate of drug-likeness (QED) is 0.633. The summed E-state index contributed by atoms with van der Waals surface area (Å²) in [5, 5.41) is 4.00. The van der Waals surface area contributed by atoms with Crippen LogP contribution < -0.4 is 9.64 Å². The second kappa shape index (κ2) is 7.98. The van der Waals surface area contributed by atoms with Gasteiger partial charge in [0, 0.05) is 37.1 Å². The molecule has 8 heteroatoms. The Morgan fingerprint density at radius 2 is 1.86 bits per heavy atom. The maximum absolute atomic E-state index is 13.5. The number of rotatable bonds is 6. The topological polar surface area (TPSA) is 68.5 Å². The summed E-state index contributed by atoms with van der Waals surface area (Å²) >= 11 is 0. The molecule has 1 saturated heterocycles. The first-order valence-electron chi connectivity index (χ1n) is 9.23. The van der Waals surface area contributed by atoms with E-state index < -0.39 is 11.6 Å². The lowest BCUT2D eigenvalue weighted by Gasteiger charge is -2.16. The number of carbonyl (C=O) groups is 1. The zero-order chi connectivity index (χ0) is 20.4. The maximum atomic E-state index is 13.5. The van der Waals surface area contributed by atoms with Crippen LogP contribution in [0.4, 0.5) is 14.5 Å². The van der Waals surface area contributed by atoms with Crippen molar-refractivity contribution in [3.63, 3.8) is 0 Å². The van der Waals surface area contributed by atoms with Crippen molar-refractivity contribution < 1.29 is 22.8 Å². The van der Waals surface area contributed by atoms with Gasteiger partial charge in [-0.25, -0.2) is 8.78 Å². The maximum Gasteiger partial charge on any atom is 0.227 e. The fourth-order valence-corrected chi connectivity index (χ4v) is 3.40. The summed E-state index contributed by atoms with van der Waals surface area (Å²) in [6.07, 6.45) is 1.46. The molecule has 0 spiro atoms. The number of anilines is 1. The number of aromatic nitrogens is 2. The van der Waals surface area contributed by atoms with Crippen LogP contribution in [0.5, 0.6) is 5.75 Å². The molecule has 0 bridgehead atoms. The minimum atomic E-state index is -0.725. The number of halogens is 2. The molecule has 4 rings (SSSR count). The van der Waals surface area contributed by atoms with Crippen molar-refractivity contribution in [2.75, 3.05) is 18.6 Å². The lowest BCUT2D eigenvalue weighted by molar-refractivity contribution is -0.117. The SMILES string of the molecule is COc1ccc(CCc2nc(C3CC(=O)N(c4cc(F)cc(F)c4)C3)no2)cc1. The van der Waals surface area contributed by atoms with Gasteiger partial charge in [0.05, 0.1) is 7.11 Å². The van der Waals surface area contributed by atoms with Crippen molar-refractivity contribution >= 4 is 11.6 Å². The van der Waals surface area contributed by atoms with Crippen molar-refractivity contribution in [2.45, 2.75) is 25.2 Å². The normalized spacial score (nSPS) is 16.4. The van der Waals surface area contributed by atoms with E-state index in [1.807, 2.05) is 24.3 Å². The molecule has 1 aliphatic heterocycles. The van der Waals surface area contributed by atoms with Crippen LogP contribution in [0.15, 0.2) is 47.0 Å². The van der Waals surface area contributed by atoms with Gasteiger partial charge in [0.15, 0.2) is 5.82 Å². The van der Waals surface area contributed by atoms with E-state index in [1.54, 1.807) is 7.11 Å². The molecule has 0 aliphatic carbocycles. The molecule has 0 radical (unpaired) electrons. The Morgan fingerprint density at radius 1 is 1.14 bits per heavy atom. The summed E-state index contributed by atoms with van der Waals surface area (Å²) in [5.74, 6) is -0.256. The average Bonchev–Trinajstić information content (AvgIpc) is 3.32. The molecule has 1 amide bonds. The van der Waals surface area contributed by atoms with E-state index in [0.717, 1.165) is 35.9 Å². The number of hydrogen-bond acceptors (Lipinski definition) is 5. The van der Waals surface area contributed by atoms with Gasteiger partial charge in [0.25, 0.3) is 0 Å². The highest BCUT2D eigenvalue weighted by Crippen LogP contribution is 2.31. The Kier molecular flexibility index (Phi) is 5.24. The number of ether oxygens (including phenoxy) is 1. The van der Waals surface area contributed by atoms with Gasteiger partial charge in [0.2, 0.25) is 11.8 Å². The number of carbonyl (C=O) groups excluding carboxylic acids is 1. The number of hydrogen-bond donors (Lipinski definition) is 0. The molecule has 6 nitrogen and oxygen atoms in total. The standard InChI is InChI=1S/C21H19F2N3O3/c1-28-18-5-2-13(3-6-18)4-7-19-24-21(25-29-19)14-8-20(27)26(12-14)17-10-15(22)9-16(23)11-17/h2-3,5-6,9-11,14H,4,7-8,12H2,1H3. The van der Waals surface area contributed by atoms with Gasteiger partial charge in [-0.3, -0.25) is 4.79 Å². The number of methoxy groups -OCH3 is 1. The van der Waals surface area contributed by atoms with E-state index in [-0.39, 0.29) is 30.5 Å². The molecule has 3 aromatic rings. The second-order valence-corrected chi connectivity index (χ2v) is 6.93. The molecule has 150 valence electrons. The Hall–Kier alpha value is -3.29. The third-order valence-electron chi connectivity index (χ3n) is 4.92. The molecule has 0 N–H and O–H groups in total. The van der Waals surface area contributed by atoms with Crippen LogP contribution in [0.2, 0.25) is 0 Å². The van der Waals surface area contributed by atoms with Gasteiger partial charge in [-0.05, 0) is 36.2 Å². The summed E-state index contributed by atoms with van der Waals surface area (Å²) < 4.78 is 37.4. The predicted molar refractivity (Wildman–Crippen MR) is 101 cm³/mol. The van der Waals surface area contributed by atoms with Gasteiger partial charge >= 0.3 is 0 Å². The van der Waals surface area contributed by atoms with Crippen LogP contribution >= 0.6 is 0 Å². The molecule has 1 atom stereocenters. The minimum absolute atomic E-state index is 0.162. The minimum Gasteiger partial charge on any atom is -0.497 e. The summed E-state index contributed by atoms with van der Waals surface area (Å²) in [5.41, 5.74) is 1.30. The van der Waals surface area contributed by atoms with Crippen molar-refractivity contribution in [1.82, 2.24) is 10.1 Å². The molecule has 2 heterocycles. The first kappa shape index (κ1) is 19.0. The Balaban J connectivity index is 1.40. The smallest absolute Gasteiger partial charge is 0.227 e. The summed E-state index contributed by atoms with van der Waals surface area (Å²) in [4.78, 5) is 18.1. The Labute approximate surface area is 166 Å². The molecule has 1 aliphatic rings. The fourth-order valence-electron chi connectivity index (χ4n) is 3.40. The zero-order valence-electron chi connectivity index (χ0n) is 15.8. The lowest BCUT2D eigenvalue weighted by atomic mass is 10.1. The third-order valence-corrected chi connectivity index (χ3v) is 4.92. The van der Waals surface area contributed by atoms with E-state index in [2.05, 4.69) is 10.1 Å². The first-order valence-corrected chi connectivity index (χ1v) is 9.23. The van der Waals surface area contributed by atoms with E-state index in [9.17, 15) is 13.6 Å². The predicted octanol–water partition coefficient (Wildman–Crippen LogP) is 3.66. The Bertz CT molecular complexity index is 1000. The molecule has 1 aromatic heterocycles. The van der Waals surface area contributed by atoms with Crippen LogP contribution in [-0.4, -0.2) is 29.7 Å². The van der Waals surface area contributed by atoms with Crippen LogP contribution in [0.1, 0.15) is 29.6 Å². The summed E-state index contributed by atoms with van der Waals surface area (Å²) in [7, 11) is 1.62. The average molecular weight is 399 g/mol. The van der Waals surface area contributed by atoms with Crippen LogP contribution in [0, 0.1) is 11.6 Å². The van der Waals surface area contributed by atoms with Crippen molar-refractivity contribution in [3.8, 4) is 5.75 Å². The van der Waals surface area contributed by atoms with Crippen LogP contribution in [0.3, 0.4) is 0 Å². The van der Waals surface area contributed by atoms with Gasteiger partial charge in [-0.2, -0.15) is 4.98 Å². The zero-order valence-corrected chi connectivity index (χ0v) is 15.8. The molecular weight excluding hydrogens is 380 g/mol. The second-order valence-electron chi connectivity index (χ2n) is 6.93. The fraction of sp³-hybridized carbons (Fsp3) is 0.286. The highest BCUT2D eigenvalue weighted by molar-refractivity contribution is 5.96. The molecule has 1 unspecified atom stereocenters. The molecular formula is C21H19F2N3O3. The van der Waals surface area contributed by atoms with Crippen molar-refractivity contribution in [1.29, 1.82) is 0 Å². The molecule has 2 aromatic carbocycles. The van der Waals surface area contributed by atoms with Gasteiger partial charge < -0.3 is 14.2 Å². The van der Waals surface area contributed by atoms with Gasteiger partial charge in [-0.15, -0.1) is 0 Å². The number of benzene rings is 2. The molecule has 29 heavy (non-hydrogen) atoms. The van der Waals surface area contributed by atoms with E-state index in [0.29, 0.717) is 18.1 Å². The van der Waals surface area contributed by atoms with Crippen LogP contribution in [0.25, 0.3) is 0 Å². The Morgan fingerprint density at radius 3 is 2.55 bits per heavy atom. The number of nitrogens with zero attached hydrogens (tertiary/aromatic N) is 3. The number of amides is 1. The van der Waals surface area contributed by atoms with Gasteiger partial charge in [0.1, 0.15) is 17.4 Å². The van der Waals surface area contributed by atoms with Crippen molar-refractivity contribution in [2.24, 2.45) is 0 Å². The van der Waals surface area contributed by atoms with E-state index in [4.69, 9.17) is 9.26 Å². The summed E-state index contributed by atoms with van der Waals surface area (Å²) in [6.45, 7) is 0.249. The lowest BCUT2D eigenvalue weighted by Crippen LogP contribution is -2.24. The van der Waals surface area contributed by atoms with E-state index >= 15 is 0 Å². The van der Waals surface area contributed by atoms with Crippen molar-refractivity contribution in [3.05, 3.63) is 71.4 Å². The van der Waals surface area contributed by atoms with Crippen LogP contribution in [-0.2, 0) is 17.6 Å².